The van der Waals surface area contributed by atoms with E-state index in [0.29, 0.717) is 0 Å². The van der Waals surface area contributed by atoms with Crippen molar-refractivity contribution in [2.45, 2.75) is 19.4 Å². The summed E-state index contributed by atoms with van der Waals surface area (Å²) in [6, 6.07) is 20.1. The second kappa shape index (κ2) is 5.78. The molecule has 1 N–H and O–H groups in total. The lowest BCUT2D eigenvalue weighted by Gasteiger charge is -2.15. The van der Waals surface area contributed by atoms with Crippen molar-refractivity contribution in [3.63, 3.8) is 0 Å². The topological polar surface area (TPSA) is 12.0 Å². The fourth-order valence-electron chi connectivity index (χ4n) is 2.56. The maximum atomic E-state index is 3.44. The molecule has 0 fully saturated rings. The van der Waals surface area contributed by atoms with Crippen molar-refractivity contribution in [1.29, 1.82) is 0 Å². The highest BCUT2D eigenvalue weighted by Gasteiger charge is 2.14. The molecule has 0 aliphatic rings. The van der Waals surface area contributed by atoms with E-state index in [9.17, 15) is 0 Å². The van der Waals surface area contributed by atoms with Gasteiger partial charge in [-0.05, 0) is 42.1 Å². The molecule has 0 saturated carbocycles. The van der Waals surface area contributed by atoms with E-state index in [0.717, 1.165) is 6.42 Å². The molecule has 0 radical (unpaired) electrons. The van der Waals surface area contributed by atoms with Crippen molar-refractivity contribution >= 4 is 21.4 Å². The molecule has 0 aliphatic heterocycles. The minimum absolute atomic E-state index is 0.276. The number of fused-ring (bicyclic) bond motifs is 1. The summed E-state index contributed by atoms with van der Waals surface area (Å²) in [5, 5.41) is 4.77. The molecular formula is C18H19NS. The van der Waals surface area contributed by atoms with Gasteiger partial charge in [0.2, 0.25) is 0 Å². The van der Waals surface area contributed by atoms with Crippen molar-refractivity contribution in [3.8, 4) is 0 Å². The van der Waals surface area contributed by atoms with Crippen LogP contribution in [0.5, 0.6) is 0 Å². The SMILES string of the molecule is CCc1ccc(C(NC)c2cc3ccccc3s2)cc1. The number of nitrogens with one attached hydrogen (secondary N) is 1. The highest BCUT2D eigenvalue weighted by molar-refractivity contribution is 7.19. The Balaban J connectivity index is 1.99. The zero-order valence-electron chi connectivity index (χ0n) is 11.9. The zero-order valence-corrected chi connectivity index (χ0v) is 12.7. The quantitative estimate of drug-likeness (QED) is 0.726. The fourth-order valence-corrected chi connectivity index (χ4v) is 3.77. The molecular weight excluding hydrogens is 262 g/mol. The molecule has 2 heteroatoms. The summed E-state index contributed by atoms with van der Waals surface area (Å²) in [6.45, 7) is 2.19. The van der Waals surface area contributed by atoms with E-state index >= 15 is 0 Å². The van der Waals surface area contributed by atoms with Gasteiger partial charge in [0.1, 0.15) is 0 Å². The predicted molar refractivity (Wildman–Crippen MR) is 88.5 cm³/mol. The Morgan fingerprint density at radius 2 is 1.80 bits per heavy atom. The molecule has 102 valence electrons. The van der Waals surface area contributed by atoms with E-state index in [1.807, 2.05) is 18.4 Å². The molecule has 0 bridgehead atoms. The van der Waals surface area contributed by atoms with Crippen LogP contribution in [0, 0.1) is 0 Å². The minimum Gasteiger partial charge on any atom is -0.309 e. The van der Waals surface area contributed by atoms with Gasteiger partial charge in [-0.15, -0.1) is 11.3 Å². The summed E-state index contributed by atoms with van der Waals surface area (Å²) in [6.07, 6.45) is 1.09. The van der Waals surface area contributed by atoms with Crippen molar-refractivity contribution in [3.05, 3.63) is 70.6 Å². The Morgan fingerprint density at radius 3 is 2.45 bits per heavy atom. The minimum atomic E-state index is 0.276. The molecule has 0 spiro atoms. The Labute approximate surface area is 124 Å². The molecule has 3 aromatic rings. The maximum Gasteiger partial charge on any atom is 0.0669 e. The largest absolute Gasteiger partial charge is 0.309 e. The van der Waals surface area contributed by atoms with Gasteiger partial charge in [-0.1, -0.05) is 49.4 Å². The van der Waals surface area contributed by atoms with E-state index in [1.165, 1.54) is 26.1 Å². The van der Waals surface area contributed by atoms with E-state index in [-0.39, 0.29) is 6.04 Å². The van der Waals surface area contributed by atoms with Gasteiger partial charge < -0.3 is 5.32 Å². The normalized spacial score (nSPS) is 12.7. The number of hydrogen-bond donors (Lipinski definition) is 1. The summed E-state index contributed by atoms with van der Waals surface area (Å²) in [5.74, 6) is 0. The monoisotopic (exact) mass is 281 g/mol. The van der Waals surface area contributed by atoms with Crippen LogP contribution < -0.4 is 5.32 Å². The van der Waals surface area contributed by atoms with Crippen LogP contribution in [-0.2, 0) is 6.42 Å². The van der Waals surface area contributed by atoms with Crippen LogP contribution in [0.2, 0.25) is 0 Å². The van der Waals surface area contributed by atoms with Crippen molar-refractivity contribution in [1.82, 2.24) is 5.32 Å². The van der Waals surface area contributed by atoms with Crippen LogP contribution in [0.25, 0.3) is 10.1 Å². The molecule has 1 heterocycles. The Bertz CT molecular complexity index is 664. The molecule has 1 nitrogen and oxygen atoms in total. The van der Waals surface area contributed by atoms with Crippen LogP contribution in [-0.4, -0.2) is 7.05 Å². The molecule has 3 rings (SSSR count). The Hall–Kier alpha value is -1.64. The first-order chi connectivity index (χ1) is 9.81. The summed E-state index contributed by atoms with van der Waals surface area (Å²) in [7, 11) is 2.03. The summed E-state index contributed by atoms with van der Waals surface area (Å²) < 4.78 is 1.35. The number of rotatable bonds is 4. The fraction of sp³-hybridized carbons (Fsp3) is 0.222. The molecule has 1 atom stereocenters. The molecule has 1 unspecified atom stereocenters. The summed E-state index contributed by atoms with van der Waals surface area (Å²) in [4.78, 5) is 1.37. The summed E-state index contributed by atoms with van der Waals surface area (Å²) in [5.41, 5.74) is 2.72. The van der Waals surface area contributed by atoms with Gasteiger partial charge in [0.05, 0.1) is 6.04 Å². The van der Waals surface area contributed by atoms with E-state index < -0.39 is 0 Å². The second-order valence-electron chi connectivity index (χ2n) is 5.00. The number of benzene rings is 2. The highest BCUT2D eigenvalue weighted by atomic mass is 32.1. The molecule has 0 amide bonds. The van der Waals surface area contributed by atoms with Crippen molar-refractivity contribution < 1.29 is 0 Å². The first-order valence-corrected chi connectivity index (χ1v) is 7.88. The average molecular weight is 281 g/mol. The average Bonchev–Trinajstić information content (AvgIpc) is 2.92. The van der Waals surface area contributed by atoms with Gasteiger partial charge in [-0.25, -0.2) is 0 Å². The van der Waals surface area contributed by atoms with Crippen LogP contribution in [0.4, 0.5) is 0 Å². The maximum absolute atomic E-state index is 3.44. The molecule has 0 saturated heterocycles. The van der Waals surface area contributed by atoms with Gasteiger partial charge in [0.15, 0.2) is 0 Å². The number of aryl methyl sites for hydroxylation is 1. The van der Waals surface area contributed by atoms with Crippen LogP contribution in [0.15, 0.2) is 54.6 Å². The van der Waals surface area contributed by atoms with Gasteiger partial charge in [0, 0.05) is 9.58 Å². The lowest BCUT2D eigenvalue weighted by atomic mass is 10.0. The molecule has 20 heavy (non-hydrogen) atoms. The van der Waals surface area contributed by atoms with E-state index in [2.05, 4.69) is 66.8 Å². The first kappa shape index (κ1) is 13.3. The second-order valence-corrected chi connectivity index (χ2v) is 6.12. The Morgan fingerprint density at radius 1 is 1.05 bits per heavy atom. The summed E-state index contributed by atoms with van der Waals surface area (Å²) >= 11 is 1.87. The smallest absolute Gasteiger partial charge is 0.0669 e. The first-order valence-electron chi connectivity index (χ1n) is 7.06. The van der Waals surface area contributed by atoms with Gasteiger partial charge in [0.25, 0.3) is 0 Å². The Kier molecular flexibility index (Phi) is 3.86. The number of hydrogen-bond acceptors (Lipinski definition) is 2. The number of thiophene rings is 1. The predicted octanol–water partition coefficient (Wildman–Crippen LogP) is 4.77. The third kappa shape index (κ3) is 2.49. The molecule has 2 aromatic carbocycles. The lowest BCUT2D eigenvalue weighted by molar-refractivity contribution is 0.704. The van der Waals surface area contributed by atoms with Crippen molar-refractivity contribution in [2.75, 3.05) is 7.05 Å². The molecule has 0 aliphatic carbocycles. The highest BCUT2D eigenvalue weighted by Crippen LogP contribution is 2.33. The zero-order chi connectivity index (χ0) is 13.9. The third-order valence-corrected chi connectivity index (χ3v) is 4.92. The van der Waals surface area contributed by atoms with E-state index in [1.54, 1.807) is 0 Å². The lowest BCUT2D eigenvalue weighted by Crippen LogP contribution is -2.16. The molecule has 1 aromatic heterocycles. The van der Waals surface area contributed by atoms with Gasteiger partial charge in [-0.3, -0.25) is 0 Å². The third-order valence-electron chi connectivity index (χ3n) is 3.74. The van der Waals surface area contributed by atoms with Gasteiger partial charge in [-0.2, -0.15) is 0 Å². The van der Waals surface area contributed by atoms with Crippen LogP contribution >= 0.6 is 11.3 Å². The van der Waals surface area contributed by atoms with E-state index in [4.69, 9.17) is 0 Å². The van der Waals surface area contributed by atoms with Gasteiger partial charge >= 0.3 is 0 Å². The van der Waals surface area contributed by atoms with Crippen LogP contribution in [0.3, 0.4) is 0 Å². The van der Waals surface area contributed by atoms with Crippen LogP contribution in [0.1, 0.15) is 29.0 Å². The standard InChI is InChI=1S/C18H19NS/c1-3-13-8-10-14(11-9-13)18(19-2)17-12-15-6-4-5-7-16(15)20-17/h4-12,18-19H,3H2,1-2H3. The van der Waals surface area contributed by atoms with Crippen molar-refractivity contribution in [2.24, 2.45) is 0 Å².